The van der Waals surface area contributed by atoms with Crippen LogP contribution in [0, 0.1) is 0 Å². The normalized spacial score (nSPS) is 19.2. The molecule has 2 aromatic rings. The van der Waals surface area contributed by atoms with Gasteiger partial charge < -0.3 is 10.1 Å². The van der Waals surface area contributed by atoms with Crippen molar-refractivity contribution in [2.75, 3.05) is 32.5 Å². The third-order valence-electron chi connectivity index (χ3n) is 4.16. The Bertz CT molecular complexity index is 910. The average molecular weight is 382 g/mol. The van der Waals surface area contributed by atoms with Crippen molar-refractivity contribution in [1.29, 1.82) is 0 Å². The molecule has 1 fully saturated rings. The van der Waals surface area contributed by atoms with Crippen molar-refractivity contribution in [3.8, 4) is 0 Å². The summed E-state index contributed by atoms with van der Waals surface area (Å²) in [5.74, 6) is 0.134. The number of aromatic nitrogens is 4. The molecule has 1 atom stereocenters. The quantitative estimate of drug-likeness (QED) is 0.750. The molecule has 0 unspecified atom stereocenters. The molecule has 0 bridgehead atoms. The van der Waals surface area contributed by atoms with Crippen LogP contribution in [0.1, 0.15) is 35.9 Å². The van der Waals surface area contributed by atoms with Crippen molar-refractivity contribution in [1.82, 2.24) is 29.2 Å². The molecule has 11 heteroatoms. The first-order chi connectivity index (χ1) is 12.3. The second-order valence-corrected chi connectivity index (χ2v) is 8.50. The highest BCUT2D eigenvalue weighted by Crippen LogP contribution is 2.15. The Morgan fingerprint density at radius 1 is 1.46 bits per heavy atom. The molecule has 0 aromatic carbocycles. The zero-order chi connectivity index (χ0) is 18.9. The standard InChI is InChI=1S/C15H22N6O4S/c1-10(2)13-6-12(19-15-17-9-18-21(13)15)14(22)16-7-11-8-20(4-5-25-11)26(3,23)24/h6,9-11H,4-5,7-8H2,1-3H3,(H,16,22)/t11-/m1/s1. The Hall–Kier alpha value is -2.11. The van der Waals surface area contributed by atoms with E-state index in [-0.39, 0.29) is 30.6 Å². The number of rotatable bonds is 5. The van der Waals surface area contributed by atoms with Gasteiger partial charge in [0.05, 0.1) is 24.7 Å². The number of nitrogens with zero attached hydrogens (tertiary/aromatic N) is 5. The monoisotopic (exact) mass is 382 g/mol. The van der Waals surface area contributed by atoms with Gasteiger partial charge in [-0.15, -0.1) is 0 Å². The van der Waals surface area contributed by atoms with Crippen LogP contribution in [0.15, 0.2) is 12.4 Å². The van der Waals surface area contributed by atoms with Gasteiger partial charge in [0.15, 0.2) is 0 Å². The molecule has 1 amide bonds. The van der Waals surface area contributed by atoms with Gasteiger partial charge in [-0.1, -0.05) is 13.8 Å². The van der Waals surface area contributed by atoms with Crippen molar-refractivity contribution < 1.29 is 17.9 Å². The first-order valence-corrected chi connectivity index (χ1v) is 10.2. The molecule has 2 aromatic heterocycles. The Morgan fingerprint density at radius 2 is 2.23 bits per heavy atom. The summed E-state index contributed by atoms with van der Waals surface area (Å²) in [7, 11) is -3.27. The Kier molecular flexibility index (Phi) is 5.21. The van der Waals surface area contributed by atoms with Crippen LogP contribution in [0.2, 0.25) is 0 Å². The van der Waals surface area contributed by atoms with E-state index < -0.39 is 16.1 Å². The lowest BCUT2D eigenvalue weighted by atomic mass is 10.1. The van der Waals surface area contributed by atoms with E-state index in [1.54, 1.807) is 10.6 Å². The Balaban J connectivity index is 1.69. The highest BCUT2D eigenvalue weighted by Gasteiger charge is 2.27. The van der Waals surface area contributed by atoms with E-state index in [9.17, 15) is 13.2 Å². The van der Waals surface area contributed by atoms with Gasteiger partial charge in [0.25, 0.3) is 11.7 Å². The third kappa shape index (κ3) is 4.00. The summed E-state index contributed by atoms with van der Waals surface area (Å²) in [6, 6.07) is 1.69. The van der Waals surface area contributed by atoms with Gasteiger partial charge in [0, 0.05) is 19.6 Å². The molecule has 3 rings (SSSR count). The molecule has 142 valence electrons. The molecule has 0 radical (unpaired) electrons. The van der Waals surface area contributed by atoms with Gasteiger partial charge in [0.2, 0.25) is 10.0 Å². The number of sulfonamides is 1. The lowest BCUT2D eigenvalue weighted by Crippen LogP contribution is -2.49. The van der Waals surface area contributed by atoms with E-state index in [4.69, 9.17) is 4.74 Å². The number of nitrogens with one attached hydrogen (secondary N) is 1. The summed E-state index contributed by atoms with van der Waals surface area (Å²) in [5.41, 5.74) is 1.07. The number of ether oxygens (including phenoxy) is 1. The minimum Gasteiger partial charge on any atom is -0.374 e. The van der Waals surface area contributed by atoms with Crippen LogP contribution in [0.25, 0.3) is 5.78 Å². The van der Waals surface area contributed by atoms with Gasteiger partial charge in [0.1, 0.15) is 12.0 Å². The summed E-state index contributed by atoms with van der Waals surface area (Å²) >= 11 is 0. The van der Waals surface area contributed by atoms with Crippen LogP contribution < -0.4 is 5.32 Å². The Morgan fingerprint density at radius 3 is 2.92 bits per heavy atom. The largest absolute Gasteiger partial charge is 0.374 e. The number of hydrogen-bond donors (Lipinski definition) is 1. The fourth-order valence-electron chi connectivity index (χ4n) is 2.78. The second-order valence-electron chi connectivity index (χ2n) is 6.52. The van der Waals surface area contributed by atoms with Crippen LogP contribution in [0.3, 0.4) is 0 Å². The SMILES string of the molecule is CC(C)c1cc(C(=O)NC[C@@H]2CN(S(C)(=O)=O)CCO2)nc2ncnn12. The average Bonchev–Trinajstić information content (AvgIpc) is 3.06. The smallest absolute Gasteiger partial charge is 0.270 e. The summed E-state index contributed by atoms with van der Waals surface area (Å²) in [5, 5.41) is 6.88. The number of carbonyl (C=O) groups is 1. The molecule has 1 saturated heterocycles. The lowest BCUT2D eigenvalue weighted by Gasteiger charge is -2.31. The maximum atomic E-state index is 12.5. The maximum Gasteiger partial charge on any atom is 0.270 e. The van der Waals surface area contributed by atoms with Crippen molar-refractivity contribution >= 4 is 21.7 Å². The molecule has 10 nitrogen and oxygen atoms in total. The molecule has 0 spiro atoms. The number of morpholine rings is 1. The fourth-order valence-corrected chi connectivity index (χ4v) is 3.62. The third-order valence-corrected chi connectivity index (χ3v) is 5.43. The number of fused-ring (bicyclic) bond motifs is 1. The van der Waals surface area contributed by atoms with E-state index in [2.05, 4.69) is 20.4 Å². The highest BCUT2D eigenvalue weighted by molar-refractivity contribution is 7.88. The van der Waals surface area contributed by atoms with Crippen molar-refractivity contribution in [2.45, 2.75) is 25.9 Å². The molecule has 26 heavy (non-hydrogen) atoms. The van der Waals surface area contributed by atoms with Crippen molar-refractivity contribution in [2.24, 2.45) is 0 Å². The molecule has 1 aliphatic rings. The number of amides is 1. The van der Waals surface area contributed by atoms with Gasteiger partial charge in [-0.25, -0.2) is 17.9 Å². The highest BCUT2D eigenvalue weighted by atomic mass is 32.2. The molecular formula is C15H22N6O4S. The summed E-state index contributed by atoms with van der Waals surface area (Å²) in [4.78, 5) is 20.8. The topological polar surface area (TPSA) is 119 Å². The zero-order valence-corrected chi connectivity index (χ0v) is 15.7. The summed E-state index contributed by atoms with van der Waals surface area (Å²) < 4.78 is 31.8. The van der Waals surface area contributed by atoms with Crippen molar-refractivity contribution in [3.63, 3.8) is 0 Å². The predicted molar refractivity (Wildman–Crippen MR) is 93.4 cm³/mol. The molecule has 3 heterocycles. The van der Waals surface area contributed by atoms with Crippen LogP contribution >= 0.6 is 0 Å². The van der Waals surface area contributed by atoms with E-state index >= 15 is 0 Å². The van der Waals surface area contributed by atoms with E-state index in [1.165, 1.54) is 16.9 Å². The van der Waals surface area contributed by atoms with E-state index in [0.29, 0.717) is 18.9 Å². The first-order valence-electron chi connectivity index (χ1n) is 8.31. The zero-order valence-electron chi connectivity index (χ0n) is 14.9. The summed E-state index contributed by atoms with van der Waals surface area (Å²) in [6.45, 7) is 5.02. The van der Waals surface area contributed by atoms with Gasteiger partial charge in [-0.2, -0.15) is 14.4 Å². The first kappa shape index (κ1) is 18.7. The molecule has 1 N–H and O–H groups in total. The molecule has 1 aliphatic heterocycles. The Labute approximate surface area is 151 Å². The van der Waals surface area contributed by atoms with E-state index in [0.717, 1.165) is 5.69 Å². The minimum absolute atomic E-state index is 0.138. The van der Waals surface area contributed by atoms with Gasteiger partial charge >= 0.3 is 0 Å². The van der Waals surface area contributed by atoms with Crippen LogP contribution in [0.5, 0.6) is 0 Å². The number of carbonyl (C=O) groups excluding carboxylic acids is 1. The number of hydrogen-bond acceptors (Lipinski definition) is 7. The predicted octanol–water partition coefficient (Wildman–Crippen LogP) is -0.362. The minimum atomic E-state index is -3.27. The lowest BCUT2D eigenvalue weighted by molar-refractivity contribution is 0.000412. The van der Waals surface area contributed by atoms with Crippen LogP contribution in [-0.2, 0) is 14.8 Å². The second kappa shape index (κ2) is 7.25. The van der Waals surface area contributed by atoms with Crippen molar-refractivity contribution in [3.05, 3.63) is 23.8 Å². The fraction of sp³-hybridized carbons (Fsp3) is 0.600. The molecule has 0 saturated carbocycles. The molecular weight excluding hydrogens is 360 g/mol. The molecule has 0 aliphatic carbocycles. The van der Waals surface area contributed by atoms with Gasteiger partial charge in [-0.3, -0.25) is 4.79 Å². The van der Waals surface area contributed by atoms with Crippen LogP contribution in [-0.4, -0.2) is 76.8 Å². The van der Waals surface area contributed by atoms with Crippen LogP contribution in [0.4, 0.5) is 0 Å². The van der Waals surface area contributed by atoms with Gasteiger partial charge in [-0.05, 0) is 12.0 Å². The summed E-state index contributed by atoms with van der Waals surface area (Å²) in [6.07, 6.45) is 2.16. The maximum absolute atomic E-state index is 12.5. The van der Waals surface area contributed by atoms with E-state index in [1.807, 2.05) is 13.8 Å².